The molecule has 3 aromatic carbocycles. The van der Waals surface area contributed by atoms with Crippen molar-refractivity contribution in [2.45, 2.75) is 24.9 Å². The molecule has 6 rings (SSSR count). The zero-order chi connectivity index (χ0) is 26.6. The number of fused-ring (bicyclic) bond motifs is 5. The second-order valence-electron chi connectivity index (χ2n) is 9.63. The number of ether oxygens (including phenoxy) is 3. The van der Waals surface area contributed by atoms with Crippen LogP contribution in [0.2, 0.25) is 0 Å². The number of para-hydroxylation sites is 1. The van der Waals surface area contributed by atoms with Crippen LogP contribution >= 0.6 is 0 Å². The first kappa shape index (κ1) is 24.0. The van der Waals surface area contributed by atoms with Crippen LogP contribution in [0.25, 0.3) is 6.08 Å². The fraction of sp³-hybridized carbons (Fsp3) is 0.258. The number of nitrogens with zero attached hydrogens (tertiary/aromatic N) is 1. The van der Waals surface area contributed by atoms with Crippen molar-refractivity contribution >= 4 is 29.3 Å². The Kier molecular flexibility index (Phi) is 5.60. The van der Waals surface area contributed by atoms with Gasteiger partial charge in [-0.1, -0.05) is 54.6 Å². The number of Topliss-reactive ketones (excluding diaryl/α,β-unsaturated/α-hetero) is 2. The minimum absolute atomic E-state index is 0.155. The van der Waals surface area contributed by atoms with Gasteiger partial charge in [-0.2, -0.15) is 0 Å². The van der Waals surface area contributed by atoms with Crippen molar-refractivity contribution in [2.75, 3.05) is 25.7 Å². The Hall–Kier alpha value is -4.39. The maximum Gasteiger partial charge on any atom is 0.329 e. The minimum atomic E-state index is -1.62. The molecule has 1 fully saturated rings. The lowest BCUT2D eigenvalue weighted by atomic mass is 9.64. The van der Waals surface area contributed by atoms with Crippen molar-refractivity contribution in [3.05, 3.63) is 95.1 Å². The van der Waals surface area contributed by atoms with Crippen molar-refractivity contribution < 1.29 is 28.6 Å². The lowest BCUT2D eigenvalue weighted by Gasteiger charge is -2.36. The number of rotatable bonds is 5. The van der Waals surface area contributed by atoms with E-state index in [0.29, 0.717) is 28.2 Å². The van der Waals surface area contributed by atoms with Gasteiger partial charge >= 0.3 is 5.97 Å². The number of anilines is 1. The minimum Gasteiger partial charge on any atom is -0.497 e. The molecular formula is C31H27NO6. The Bertz CT molecular complexity index is 1470. The highest BCUT2D eigenvalue weighted by Gasteiger charge is 2.72. The second kappa shape index (κ2) is 8.87. The van der Waals surface area contributed by atoms with Gasteiger partial charge in [0, 0.05) is 28.3 Å². The number of methoxy groups -OCH3 is 2. The van der Waals surface area contributed by atoms with Crippen LogP contribution < -0.4 is 14.4 Å². The molecule has 0 amide bonds. The van der Waals surface area contributed by atoms with Crippen LogP contribution in [0, 0.1) is 5.41 Å². The van der Waals surface area contributed by atoms with Crippen LogP contribution in [-0.4, -0.2) is 50.4 Å². The highest BCUT2D eigenvalue weighted by Crippen LogP contribution is 2.61. The molecule has 0 N–H and O–H groups in total. The van der Waals surface area contributed by atoms with Gasteiger partial charge in [-0.3, -0.25) is 9.59 Å². The third-order valence-electron chi connectivity index (χ3n) is 8.01. The highest BCUT2D eigenvalue weighted by molar-refractivity contribution is 6.32. The molecule has 1 saturated heterocycles. The fourth-order valence-corrected chi connectivity index (χ4v) is 6.54. The van der Waals surface area contributed by atoms with Crippen LogP contribution in [-0.2, 0) is 9.53 Å². The van der Waals surface area contributed by atoms with Crippen molar-refractivity contribution in [3.8, 4) is 11.5 Å². The molecule has 0 saturated carbocycles. The van der Waals surface area contributed by atoms with E-state index in [-0.39, 0.29) is 18.2 Å². The van der Waals surface area contributed by atoms with Crippen molar-refractivity contribution in [1.29, 1.82) is 0 Å². The summed E-state index contributed by atoms with van der Waals surface area (Å²) in [6, 6.07) is 18.1. The number of hydrogen-bond donors (Lipinski definition) is 0. The SMILES string of the molecule is CCOC(=O)[C@H]1[C@H](c2cc(OC)ccc2OC)C2(C(=O)c3ccccc3C2=O)C2C=Cc3ccccc3N21. The highest BCUT2D eigenvalue weighted by atomic mass is 16.5. The Morgan fingerprint density at radius 3 is 2.26 bits per heavy atom. The lowest BCUT2D eigenvalue weighted by Crippen LogP contribution is -2.48. The van der Waals surface area contributed by atoms with E-state index in [1.165, 1.54) is 7.11 Å². The summed E-state index contributed by atoms with van der Waals surface area (Å²) in [7, 11) is 3.07. The maximum atomic E-state index is 14.6. The first-order chi connectivity index (χ1) is 18.5. The quantitative estimate of drug-likeness (QED) is 0.364. The predicted octanol–water partition coefficient (Wildman–Crippen LogP) is 4.70. The number of hydrogen-bond acceptors (Lipinski definition) is 7. The molecule has 2 aliphatic heterocycles. The van der Waals surface area contributed by atoms with E-state index in [1.807, 2.05) is 41.3 Å². The van der Waals surface area contributed by atoms with E-state index >= 15 is 0 Å². The summed E-state index contributed by atoms with van der Waals surface area (Å²) < 4.78 is 16.9. The van der Waals surface area contributed by atoms with Crippen LogP contribution in [0.5, 0.6) is 11.5 Å². The van der Waals surface area contributed by atoms with Crippen LogP contribution in [0.4, 0.5) is 5.69 Å². The number of esters is 1. The monoisotopic (exact) mass is 509 g/mol. The zero-order valence-electron chi connectivity index (χ0n) is 21.3. The van der Waals surface area contributed by atoms with Gasteiger partial charge in [0.2, 0.25) is 0 Å². The maximum absolute atomic E-state index is 14.6. The Labute approximate surface area is 220 Å². The van der Waals surface area contributed by atoms with Crippen LogP contribution in [0.3, 0.4) is 0 Å². The van der Waals surface area contributed by atoms with E-state index < -0.39 is 29.4 Å². The number of carbonyl (C=O) groups excluding carboxylic acids is 3. The van der Waals surface area contributed by atoms with Crippen LogP contribution in [0.15, 0.2) is 72.8 Å². The van der Waals surface area contributed by atoms with Gasteiger partial charge in [-0.15, -0.1) is 0 Å². The number of ketones is 2. The van der Waals surface area contributed by atoms with E-state index in [9.17, 15) is 14.4 Å². The molecule has 1 spiro atoms. The molecular weight excluding hydrogens is 482 g/mol. The van der Waals surface area contributed by atoms with Gasteiger partial charge in [0.05, 0.1) is 26.9 Å². The third kappa shape index (κ3) is 3.05. The molecule has 0 aromatic heterocycles. The molecule has 7 heteroatoms. The summed E-state index contributed by atoms with van der Waals surface area (Å²) in [6.45, 7) is 1.90. The predicted molar refractivity (Wildman–Crippen MR) is 142 cm³/mol. The molecule has 0 radical (unpaired) electrons. The topological polar surface area (TPSA) is 82.1 Å². The largest absolute Gasteiger partial charge is 0.497 e. The zero-order valence-corrected chi connectivity index (χ0v) is 21.3. The van der Waals surface area contributed by atoms with Gasteiger partial charge in [-0.25, -0.2) is 4.79 Å². The van der Waals surface area contributed by atoms with Gasteiger partial charge < -0.3 is 19.1 Å². The lowest BCUT2D eigenvalue weighted by molar-refractivity contribution is -0.145. The van der Waals surface area contributed by atoms with Crippen molar-refractivity contribution in [3.63, 3.8) is 0 Å². The molecule has 38 heavy (non-hydrogen) atoms. The Balaban J connectivity index is 1.71. The van der Waals surface area contributed by atoms with Gasteiger partial charge in [0.1, 0.15) is 23.0 Å². The Morgan fingerprint density at radius 2 is 1.61 bits per heavy atom. The summed E-state index contributed by atoms with van der Waals surface area (Å²) in [5.41, 5.74) is 1.30. The second-order valence-corrected chi connectivity index (χ2v) is 9.63. The first-order valence-electron chi connectivity index (χ1n) is 12.6. The molecule has 0 bridgehead atoms. The van der Waals surface area contributed by atoms with Gasteiger partial charge in [-0.05, 0) is 36.8 Å². The smallest absolute Gasteiger partial charge is 0.329 e. The third-order valence-corrected chi connectivity index (χ3v) is 8.01. The number of carbonyl (C=O) groups is 3. The molecule has 1 aliphatic carbocycles. The summed E-state index contributed by atoms with van der Waals surface area (Å²) in [6.07, 6.45) is 3.80. The van der Waals surface area contributed by atoms with E-state index in [2.05, 4.69) is 0 Å². The summed E-state index contributed by atoms with van der Waals surface area (Å²) in [4.78, 5) is 44.9. The van der Waals surface area contributed by atoms with E-state index in [1.54, 1.807) is 56.5 Å². The molecule has 3 atom stereocenters. The van der Waals surface area contributed by atoms with E-state index in [4.69, 9.17) is 14.2 Å². The standard InChI is InChI=1S/C31H27NO6/c1-4-38-30(35)27-26(22-17-19(36-2)14-15-24(22)37-3)31(28(33)20-10-6-7-11-21(20)29(31)34)25-16-13-18-9-5-8-12-23(18)32(25)27/h5-17,25-27H,4H2,1-3H3/t25?,26-,27+/m0/s1. The first-order valence-corrected chi connectivity index (χ1v) is 12.6. The van der Waals surface area contributed by atoms with Crippen LogP contribution in [0.1, 0.15) is 44.7 Å². The molecule has 192 valence electrons. The summed E-state index contributed by atoms with van der Waals surface area (Å²) in [5.74, 6) is -1.06. The Morgan fingerprint density at radius 1 is 0.921 bits per heavy atom. The summed E-state index contributed by atoms with van der Waals surface area (Å²) in [5, 5.41) is 0. The van der Waals surface area contributed by atoms with Gasteiger partial charge in [0.25, 0.3) is 0 Å². The average Bonchev–Trinajstić information content (AvgIpc) is 3.39. The average molecular weight is 510 g/mol. The molecule has 3 aliphatic rings. The van der Waals surface area contributed by atoms with E-state index in [0.717, 1.165) is 11.3 Å². The molecule has 3 aromatic rings. The molecule has 2 heterocycles. The summed E-state index contributed by atoms with van der Waals surface area (Å²) >= 11 is 0. The fourth-order valence-electron chi connectivity index (χ4n) is 6.54. The number of benzene rings is 3. The van der Waals surface area contributed by atoms with Crippen molar-refractivity contribution in [1.82, 2.24) is 0 Å². The van der Waals surface area contributed by atoms with Gasteiger partial charge in [0.15, 0.2) is 11.6 Å². The molecule has 7 nitrogen and oxygen atoms in total. The normalized spacial score (nSPS) is 22.2. The van der Waals surface area contributed by atoms with Crippen molar-refractivity contribution in [2.24, 2.45) is 5.41 Å². The molecule has 1 unspecified atom stereocenters.